The molecule has 8 heteroatoms. The monoisotopic (exact) mass is 359 g/mol. The van der Waals surface area contributed by atoms with Crippen LogP contribution in [0, 0.1) is 0 Å². The zero-order chi connectivity index (χ0) is 17.2. The molecule has 3 nitrogen and oxygen atoms in total. The van der Waals surface area contributed by atoms with Gasteiger partial charge in [0.05, 0.1) is 12.2 Å². The maximum Gasteiger partial charge on any atom is 0.319 e. The van der Waals surface area contributed by atoms with Crippen molar-refractivity contribution in [1.29, 1.82) is 0 Å². The summed E-state index contributed by atoms with van der Waals surface area (Å²) >= 11 is 1.50. The Morgan fingerprint density at radius 1 is 1.08 bits per heavy atom. The number of hydrogen-bond donors (Lipinski definition) is 0. The lowest BCUT2D eigenvalue weighted by Gasteiger charge is -2.35. The van der Waals surface area contributed by atoms with Gasteiger partial charge in [-0.3, -0.25) is 4.90 Å². The molecule has 0 bridgehead atoms. The molecule has 2 aromatic rings. The summed E-state index contributed by atoms with van der Waals surface area (Å²) in [6.07, 6.45) is -3.62. The lowest BCUT2D eigenvalue weighted by Crippen LogP contribution is -2.51. The first-order valence-electron chi connectivity index (χ1n) is 7.60. The van der Waals surface area contributed by atoms with Gasteiger partial charge in [-0.2, -0.15) is 8.78 Å². The van der Waals surface area contributed by atoms with Gasteiger partial charge >= 0.3 is 12.3 Å². The van der Waals surface area contributed by atoms with Crippen molar-refractivity contribution in [3.05, 3.63) is 35.7 Å². The SMILES string of the molecule is FC(F)C(F)(F)CN1CCN(c2nc(-c3ccccc3)cs2)CC1. The molecule has 2 heterocycles. The van der Waals surface area contributed by atoms with Gasteiger partial charge < -0.3 is 4.90 Å². The Hall–Kier alpha value is -1.67. The van der Waals surface area contributed by atoms with Crippen molar-refractivity contribution in [2.45, 2.75) is 12.3 Å². The second-order valence-corrected chi connectivity index (χ2v) is 6.54. The molecule has 1 aliphatic rings. The normalized spacial score (nSPS) is 16.8. The van der Waals surface area contributed by atoms with Crippen LogP contribution >= 0.6 is 11.3 Å². The van der Waals surface area contributed by atoms with Crippen LogP contribution in [0.3, 0.4) is 0 Å². The van der Waals surface area contributed by atoms with Crippen molar-refractivity contribution >= 4 is 16.5 Å². The van der Waals surface area contributed by atoms with Crippen LogP contribution in [0.4, 0.5) is 22.7 Å². The Morgan fingerprint density at radius 2 is 1.75 bits per heavy atom. The van der Waals surface area contributed by atoms with Crippen LogP contribution in [-0.4, -0.2) is 55.0 Å². The molecule has 0 unspecified atom stereocenters. The topological polar surface area (TPSA) is 19.4 Å². The second kappa shape index (κ2) is 7.06. The van der Waals surface area contributed by atoms with E-state index in [0.29, 0.717) is 26.2 Å². The zero-order valence-corrected chi connectivity index (χ0v) is 13.7. The number of hydrogen-bond acceptors (Lipinski definition) is 4. The molecule has 1 fully saturated rings. The van der Waals surface area contributed by atoms with Crippen LogP contribution in [0.2, 0.25) is 0 Å². The Morgan fingerprint density at radius 3 is 2.38 bits per heavy atom. The molecule has 1 aromatic carbocycles. The first-order chi connectivity index (χ1) is 11.5. The first-order valence-corrected chi connectivity index (χ1v) is 8.48. The summed E-state index contributed by atoms with van der Waals surface area (Å²) in [5, 5.41) is 2.79. The number of thiazole rings is 1. The van der Waals surface area contributed by atoms with E-state index in [0.717, 1.165) is 16.4 Å². The van der Waals surface area contributed by atoms with E-state index in [-0.39, 0.29) is 0 Å². The summed E-state index contributed by atoms with van der Waals surface area (Å²) in [4.78, 5) is 7.98. The number of benzene rings is 1. The van der Waals surface area contributed by atoms with Crippen molar-refractivity contribution in [3.63, 3.8) is 0 Å². The minimum Gasteiger partial charge on any atom is -0.346 e. The largest absolute Gasteiger partial charge is 0.346 e. The third-order valence-electron chi connectivity index (χ3n) is 3.96. The van der Waals surface area contributed by atoms with Crippen molar-refractivity contribution in [2.24, 2.45) is 0 Å². The number of piperazine rings is 1. The van der Waals surface area contributed by atoms with Crippen LogP contribution in [-0.2, 0) is 0 Å². The van der Waals surface area contributed by atoms with Crippen molar-refractivity contribution in [1.82, 2.24) is 9.88 Å². The highest BCUT2D eigenvalue weighted by molar-refractivity contribution is 7.14. The predicted molar refractivity (Wildman–Crippen MR) is 87.2 cm³/mol. The summed E-state index contributed by atoms with van der Waals surface area (Å²) in [6, 6.07) is 9.77. The highest BCUT2D eigenvalue weighted by Gasteiger charge is 2.42. The van der Waals surface area contributed by atoms with E-state index in [1.807, 2.05) is 40.6 Å². The number of aromatic nitrogens is 1. The van der Waals surface area contributed by atoms with E-state index in [2.05, 4.69) is 4.98 Å². The lowest BCUT2D eigenvalue weighted by molar-refractivity contribution is -0.142. The van der Waals surface area contributed by atoms with E-state index >= 15 is 0 Å². The molecular formula is C16H17F4N3S. The molecule has 24 heavy (non-hydrogen) atoms. The van der Waals surface area contributed by atoms with E-state index < -0.39 is 18.9 Å². The molecule has 1 aliphatic heterocycles. The summed E-state index contributed by atoms with van der Waals surface area (Å²) < 4.78 is 50.8. The highest BCUT2D eigenvalue weighted by Crippen LogP contribution is 2.29. The van der Waals surface area contributed by atoms with Crippen molar-refractivity contribution < 1.29 is 17.6 Å². The van der Waals surface area contributed by atoms with Crippen molar-refractivity contribution in [2.75, 3.05) is 37.6 Å². The molecule has 0 aliphatic carbocycles. The summed E-state index contributed by atoms with van der Waals surface area (Å²) in [5.41, 5.74) is 1.90. The van der Waals surface area contributed by atoms with Gasteiger partial charge in [0, 0.05) is 37.1 Å². The highest BCUT2D eigenvalue weighted by atomic mass is 32.1. The van der Waals surface area contributed by atoms with Crippen LogP contribution in [0.1, 0.15) is 0 Å². The quantitative estimate of drug-likeness (QED) is 0.757. The maximum atomic E-state index is 13.1. The van der Waals surface area contributed by atoms with E-state index in [4.69, 9.17) is 0 Å². The van der Waals surface area contributed by atoms with E-state index in [1.54, 1.807) is 0 Å². The Labute approximate surface area is 141 Å². The average Bonchev–Trinajstić information content (AvgIpc) is 3.06. The number of anilines is 1. The molecule has 0 atom stereocenters. The van der Waals surface area contributed by atoms with Crippen LogP contribution < -0.4 is 4.90 Å². The fraction of sp³-hybridized carbons (Fsp3) is 0.438. The standard InChI is InChI=1S/C16H17F4N3S/c17-14(18)16(19,20)11-22-6-8-23(9-7-22)15-21-13(10-24-15)12-4-2-1-3-5-12/h1-5,10,14H,6-9,11H2. The molecular weight excluding hydrogens is 342 g/mol. The third kappa shape index (κ3) is 3.87. The summed E-state index contributed by atoms with van der Waals surface area (Å²) in [6.45, 7) is 0.749. The van der Waals surface area contributed by atoms with E-state index in [1.165, 1.54) is 16.2 Å². The molecule has 3 rings (SSSR count). The fourth-order valence-electron chi connectivity index (χ4n) is 2.62. The number of rotatable bonds is 5. The maximum absolute atomic E-state index is 13.1. The fourth-order valence-corrected chi connectivity index (χ4v) is 3.50. The Balaban J connectivity index is 1.59. The first kappa shape index (κ1) is 17.2. The molecule has 0 N–H and O–H groups in total. The summed E-state index contributed by atoms with van der Waals surface area (Å²) in [5.74, 6) is -3.95. The van der Waals surface area contributed by atoms with Gasteiger partial charge in [0.25, 0.3) is 0 Å². The molecule has 0 spiro atoms. The molecule has 0 amide bonds. The van der Waals surface area contributed by atoms with Gasteiger partial charge in [0.1, 0.15) is 0 Å². The smallest absolute Gasteiger partial charge is 0.319 e. The minimum absolute atomic E-state index is 0.322. The summed E-state index contributed by atoms with van der Waals surface area (Å²) in [7, 11) is 0. The molecule has 0 radical (unpaired) electrons. The Bertz CT molecular complexity index is 654. The zero-order valence-electron chi connectivity index (χ0n) is 12.8. The molecule has 1 saturated heterocycles. The third-order valence-corrected chi connectivity index (χ3v) is 4.86. The molecule has 0 saturated carbocycles. The number of alkyl halides is 4. The van der Waals surface area contributed by atoms with Gasteiger partial charge in [-0.1, -0.05) is 30.3 Å². The lowest BCUT2D eigenvalue weighted by atomic mass is 10.2. The van der Waals surface area contributed by atoms with Gasteiger partial charge in [0.15, 0.2) is 5.13 Å². The van der Waals surface area contributed by atoms with Gasteiger partial charge in [-0.05, 0) is 0 Å². The van der Waals surface area contributed by atoms with Gasteiger partial charge in [0.2, 0.25) is 0 Å². The van der Waals surface area contributed by atoms with E-state index in [9.17, 15) is 17.6 Å². The minimum atomic E-state index is -3.95. The second-order valence-electron chi connectivity index (χ2n) is 5.71. The number of halogens is 4. The number of nitrogens with zero attached hydrogens (tertiary/aromatic N) is 3. The molecule has 130 valence electrons. The Kier molecular flexibility index (Phi) is 5.05. The molecule has 1 aromatic heterocycles. The van der Waals surface area contributed by atoms with Crippen LogP contribution in [0.5, 0.6) is 0 Å². The van der Waals surface area contributed by atoms with Crippen molar-refractivity contribution in [3.8, 4) is 11.3 Å². The van der Waals surface area contributed by atoms with Gasteiger partial charge in [-0.15, -0.1) is 11.3 Å². The van der Waals surface area contributed by atoms with Crippen LogP contribution in [0.15, 0.2) is 35.7 Å². The van der Waals surface area contributed by atoms with Crippen LogP contribution in [0.25, 0.3) is 11.3 Å². The predicted octanol–water partition coefficient (Wildman–Crippen LogP) is 3.83. The van der Waals surface area contributed by atoms with Gasteiger partial charge in [-0.25, -0.2) is 13.8 Å². The average molecular weight is 359 g/mol.